The average molecular weight is 492 g/mol. The van der Waals surface area contributed by atoms with Crippen LogP contribution in [0.3, 0.4) is 0 Å². The van der Waals surface area contributed by atoms with Crippen LogP contribution in [0, 0.1) is 10.1 Å². The summed E-state index contributed by atoms with van der Waals surface area (Å²) in [5.74, 6) is -0.000912. The van der Waals surface area contributed by atoms with E-state index in [1.165, 1.54) is 24.2 Å². The summed E-state index contributed by atoms with van der Waals surface area (Å²) in [4.78, 5) is 30.6. The molecule has 0 aliphatic carbocycles. The van der Waals surface area contributed by atoms with Crippen LogP contribution >= 0.6 is 11.8 Å². The van der Waals surface area contributed by atoms with E-state index in [0.29, 0.717) is 16.6 Å². The number of carbonyl (C=O) groups is 1. The third kappa shape index (κ3) is 5.28. The summed E-state index contributed by atoms with van der Waals surface area (Å²) in [6, 6.07) is 18.9. The van der Waals surface area contributed by atoms with Gasteiger partial charge in [0.15, 0.2) is 16.7 Å². The Kier molecular flexibility index (Phi) is 7.02. The molecule has 3 aromatic carbocycles. The first-order valence-electron chi connectivity index (χ1n) is 10.4. The number of thioether (sulfide) groups is 1. The Morgan fingerprint density at radius 2 is 1.80 bits per heavy atom. The van der Waals surface area contributed by atoms with Gasteiger partial charge in [0.05, 0.1) is 42.3 Å². The van der Waals surface area contributed by atoms with E-state index in [0.717, 1.165) is 23.4 Å². The second-order valence-electron chi connectivity index (χ2n) is 7.42. The van der Waals surface area contributed by atoms with Gasteiger partial charge >= 0.3 is 0 Å². The summed E-state index contributed by atoms with van der Waals surface area (Å²) in [7, 11) is 2.88. The predicted molar refractivity (Wildman–Crippen MR) is 134 cm³/mol. The zero-order valence-electron chi connectivity index (χ0n) is 18.9. The third-order valence-electron chi connectivity index (χ3n) is 5.18. The number of phenolic OH excluding ortho intramolecular Hbond substituents is 1. The van der Waals surface area contributed by atoms with Crippen molar-refractivity contribution in [2.75, 3.05) is 14.2 Å². The largest absolute Gasteiger partial charge is 0.504 e. The Morgan fingerprint density at radius 1 is 1.09 bits per heavy atom. The van der Waals surface area contributed by atoms with Gasteiger partial charge in [-0.2, -0.15) is 0 Å². The summed E-state index contributed by atoms with van der Waals surface area (Å²) >= 11 is 1.12. The van der Waals surface area contributed by atoms with E-state index in [1.807, 2.05) is 42.5 Å². The van der Waals surface area contributed by atoms with Gasteiger partial charge in [0, 0.05) is 11.6 Å². The molecule has 1 aliphatic rings. The third-order valence-corrected chi connectivity index (χ3v) is 6.18. The lowest BCUT2D eigenvalue weighted by molar-refractivity contribution is -0.385. The number of benzene rings is 3. The lowest BCUT2D eigenvalue weighted by atomic mass is 10.1. The molecule has 0 unspecified atom stereocenters. The van der Waals surface area contributed by atoms with Crippen LogP contribution in [0.2, 0.25) is 0 Å². The van der Waals surface area contributed by atoms with Crippen LogP contribution in [0.5, 0.6) is 17.2 Å². The van der Waals surface area contributed by atoms with Crippen molar-refractivity contribution in [3.8, 4) is 17.2 Å². The van der Waals surface area contributed by atoms with E-state index in [2.05, 4.69) is 4.99 Å². The second kappa shape index (κ2) is 10.3. The number of carbonyl (C=O) groups excluding carboxylic acids is 1. The maximum absolute atomic E-state index is 13.4. The molecule has 1 heterocycles. The molecule has 1 saturated heterocycles. The molecule has 1 N–H and O–H groups in total. The molecule has 3 aromatic rings. The highest BCUT2D eigenvalue weighted by Gasteiger charge is 2.34. The van der Waals surface area contributed by atoms with Gasteiger partial charge in [-0.15, -0.1) is 0 Å². The molecule has 0 bridgehead atoms. The minimum absolute atomic E-state index is 0.0604. The van der Waals surface area contributed by atoms with E-state index in [4.69, 9.17) is 9.47 Å². The van der Waals surface area contributed by atoms with Gasteiger partial charge in [0.25, 0.3) is 11.6 Å². The van der Waals surface area contributed by atoms with Gasteiger partial charge in [0.2, 0.25) is 0 Å². The summed E-state index contributed by atoms with van der Waals surface area (Å²) in [6.45, 7) is 0.253. The SMILES string of the molecule is COc1ccc(CN2C(=O)C(=Cc3cc([N+](=O)[O-])cc(OC)c3O)SC2=Nc2ccccc2)cc1. The van der Waals surface area contributed by atoms with Crippen LogP contribution in [0.4, 0.5) is 11.4 Å². The number of methoxy groups -OCH3 is 2. The molecule has 1 amide bonds. The zero-order chi connectivity index (χ0) is 24.9. The molecule has 1 aliphatic heterocycles. The van der Waals surface area contributed by atoms with Crippen LogP contribution < -0.4 is 9.47 Å². The number of nitrogens with zero attached hydrogens (tertiary/aromatic N) is 3. The van der Waals surface area contributed by atoms with E-state index in [-0.39, 0.29) is 40.1 Å². The fourth-order valence-corrected chi connectivity index (χ4v) is 4.37. The van der Waals surface area contributed by atoms with Crippen molar-refractivity contribution >= 4 is 40.3 Å². The Hall–Kier alpha value is -4.31. The normalized spacial score (nSPS) is 15.6. The Bertz CT molecular complexity index is 1320. The Labute approximate surface area is 205 Å². The smallest absolute Gasteiger partial charge is 0.274 e. The van der Waals surface area contributed by atoms with Crippen molar-refractivity contribution < 1.29 is 24.3 Å². The van der Waals surface area contributed by atoms with Crippen LogP contribution in [-0.2, 0) is 11.3 Å². The average Bonchev–Trinajstić information content (AvgIpc) is 3.15. The van der Waals surface area contributed by atoms with E-state index < -0.39 is 4.92 Å². The first kappa shape index (κ1) is 23.8. The van der Waals surface area contributed by atoms with Crippen LogP contribution in [0.1, 0.15) is 11.1 Å². The number of nitro benzene ring substituents is 1. The number of hydrogen-bond acceptors (Lipinski definition) is 8. The minimum Gasteiger partial charge on any atom is -0.504 e. The molecule has 0 spiro atoms. The van der Waals surface area contributed by atoms with Gasteiger partial charge in [-0.1, -0.05) is 30.3 Å². The summed E-state index contributed by atoms with van der Waals surface area (Å²) in [5.41, 5.74) is 1.36. The molecular weight excluding hydrogens is 470 g/mol. The number of rotatable bonds is 7. The van der Waals surface area contributed by atoms with Crippen LogP contribution in [0.15, 0.2) is 76.6 Å². The van der Waals surface area contributed by atoms with Crippen molar-refractivity contribution in [3.63, 3.8) is 0 Å². The number of nitro groups is 1. The number of non-ortho nitro benzene ring substituents is 1. The summed E-state index contributed by atoms with van der Waals surface area (Å²) in [6.07, 6.45) is 1.41. The standard InChI is InChI=1S/C25H21N3O6S/c1-33-20-10-8-16(9-11-20)15-27-24(30)22(35-25(27)26-18-6-4-3-5-7-18)13-17-12-19(28(31)32)14-21(34-2)23(17)29/h3-14,29H,15H2,1-2H3. The van der Waals surface area contributed by atoms with E-state index in [1.54, 1.807) is 19.2 Å². The molecule has 4 rings (SSSR count). The van der Waals surface area contributed by atoms with Crippen molar-refractivity contribution in [2.45, 2.75) is 6.54 Å². The topological polar surface area (TPSA) is 114 Å². The molecule has 35 heavy (non-hydrogen) atoms. The number of aromatic hydroxyl groups is 1. The minimum atomic E-state index is -0.591. The monoisotopic (exact) mass is 491 g/mol. The Balaban J connectivity index is 1.75. The van der Waals surface area contributed by atoms with Gasteiger partial charge in [-0.3, -0.25) is 19.8 Å². The quantitative estimate of drug-likeness (QED) is 0.277. The number of phenols is 1. The maximum atomic E-state index is 13.4. The zero-order valence-corrected chi connectivity index (χ0v) is 19.7. The fourth-order valence-electron chi connectivity index (χ4n) is 3.38. The van der Waals surface area contributed by atoms with Gasteiger partial charge < -0.3 is 14.6 Å². The summed E-state index contributed by atoms with van der Waals surface area (Å²) < 4.78 is 10.3. The number of amidine groups is 1. The van der Waals surface area contributed by atoms with Crippen LogP contribution in [-0.4, -0.2) is 40.2 Å². The fraction of sp³-hybridized carbons (Fsp3) is 0.120. The maximum Gasteiger partial charge on any atom is 0.274 e. The first-order valence-corrected chi connectivity index (χ1v) is 11.2. The molecule has 1 fully saturated rings. The highest BCUT2D eigenvalue weighted by Crippen LogP contribution is 2.40. The van der Waals surface area contributed by atoms with Gasteiger partial charge in [0.1, 0.15) is 5.75 Å². The molecule has 178 valence electrons. The van der Waals surface area contributed by atoms with E-state index in [9.17, 15) is 20.0 Å². The Morgan fingerprint density at radius 3 is 2.43 bits per heavy atom. The van der Waals surface area contributed by atoms with Crippen molar-refractivity contribution in [3.05, 3.63) is 92.9 Å². The first-order chi connectivity index (χ1) is 16.9. The highest BCUT2D eigenvalue weighted by atomic mass is 32.2. The number of para-hydroxylation sites is 1. The highest BCUT2D eigenvalue weighted by molar-refractivity contribution is 8.18. The van der Waals surface area contributed by atoms with Crippen LogP contribution in [0.25, 0.3) is 6.08 Å². The molecule has 0 saturated carbocycles. The number of aliphatic imine (C=N–C) groups is 1. The lowest BCUT2D eigenvalue weighted by Crippen LogP contribution is -2.28. The second-order valence-corrected chi connectivity index (χ2v) is 8.43. The number of ether oxygens (including phenoxy) is 2. The molecule has 9 nitrogen and oxygen atoms in total. The van der Waals surface area contributed by atoms with Crippen molar-refractivity contribution in [1.29, 1.82) is 0 Å². The molecule has 0 atom stereocenters. The van der Waals surface area contributed by atoms with Crippen molar-refractivity contribution in [1.82, 2.24) is 4.90 Å². The molecular formula is C25H21N3O6S. The van der Waals surface area contributed by atoms with Crippen molar-refractivity contribution in [2.24, 2.45) is 4.99 Å². The number of amides is 1. The molecule has 10 heteroatoms. The van der Waals surface area contributed by atoms with E-state index >= 15 is 0 Å². The van der Waals surface area contributed by atoms with Gasteiger partial charge in [-0.05, 0) is 47.7 Å². The van der Waals surface area contributed by atoms with Gasteiger partial charge in [-0.25, -0.2) is 4.99 Å². The lowest BCUT2D eigenvalue weighted by Gasteiger charge is -2.16. The molecule has 0 aromatic heterocycles. The number of hydrogen-bond donors (Lipinski definition) is 1. The predicted octanol–water partition coefficient (Wildman–Crippen LogP) is 5.12. The summed E-state index contributed by atoms with van der Waals surface area (Å²) in [5, 5.41) is 22.3. The molecule has 0 radical (unpaired) electrons.